The molecule has 6 aromatic carbocycles. The first-order valence-corrected chi connectivity index (χ1v) is 16.3. The van der Waals surface area contributed by atoms with E-state index < -0.39 is 0 Å². The number of thiophene rings is 1. The van der Waals surface area contributed by atoms with Gasteiger partial charge in [0.2, 0.25) is 5.71 Å². The van der Waals surface area contributed by atoms with Gasteiger partial charge in [-0.3, -0.25) is 8.97 Å². The van der Waals surface area contributed by atoms with Crippen LogP contribution < -0.4 is 0 Å². The minimum absolute atomic E-state index is 0.896. The van der Waals surface area contributed by atoms with E-state index in [0.717, 1.165) is 61.1 Å². The molecule has 11 rings (SSSR count). The van der Waals surface area contributed by atoms with Crippen LogP contribution in [0.25, 0.3) is 97.5 Å². The molecule has 0 aliphatic rings. The van der Waals surface area contributed by atoms with Crippen LogP contribution in [0.1, 0.15) is 0 Å². The van der Waals surface area contributed by atoms with Crippen molar-refractivity contribution in [3.63, 3.8) is 0 Å². The molecular formula is C41H23N3OS. The Morgan fingerprint density at radius 1 is 0.543 bits per heavy atom. The van der Waals surface area contributed by atoms with Crippen molar-refractivity contribution in [2.24, 2.45) is 0 Å². The van der Waals surface area contributed by atoms with Gasteiger partial charge in [-0.1, -0.05) is 91.0 Å². The molecule has 0 N–H and O–H groups in total. The molecule has 0 atom stereocenters. The molecule has 0 aliphatic carbocycles. The highest BCUT2D eigenvalue weighted by Crippen LogP contribution is 2.46. The molecule has 11 aromatic rings. The Kier molecular flexibility index (Phi) is 4.69. The Labute approximate surface area is 266 Å². The van der Waals surface area contributed by atoms with Gasteiger partial charge in [0.15, 0.2) is 5.58 Å². The quantitative estimate of drug-likeness (QED) is 0.184. The fourth-order valence-corrected chi connectivity index (χ4v) is 8.63. The standard InChI is InChI=1S/C41H23N3OS/c1-2-10-26(11-3-1)43-34-17-9-7-15-30(34)37-39-38(45-41(37)43)31-22-24(19-21-36(31)46-39)25-18-20-32-35(23-25)44-33-16-8-6-13-28(33)27-12-4-5-14-29(27)40(44)42-32/h1-23H. The van der Waals surface area contributed by atoms with E-state index in [4.69, 9.17) is 9.40 Å². The maximum Gasteiger partial charge on any atom is 0.214 e. The minimum Gasteiger partial charge on any atom is -0.438 e. The lowest BCUT2D eigenvalue weighted by Gasteiger charge is -2.09. The average molecular weight is 606 g/mol. The zero-order chi connectivity index (χ0) is 29.9. The molecule has 5 aromatic heterocycles. The molecule has 46 heavy (non-hydrogen) atoms. The Balaban J connectivity index is 1.16. The van der Waals surface area contributed by atoms with Crippen LogP contribution in [0, 0.1) is 0 Å². The summed E-state index contributed by atoms with van der Waals surface area (Å²) in [4.78, 5) is 5.13. The van der Waals surface area contributed by atoms with Crippen LogP contribution in [0.3, 0.4) is 0 Å². The third kappa shape index (κ3) is 3.14. The molecular weight excluding hydrogens is 583 g/mol. The fraction of sp³-hybridized carbons (Fsp3) is 0. The summed E-state index contributed by atoms with van der Waals surface area (Å²) in [6.07, 6.45) is 0. The Morgan fingerprint density at radius 2 is 1.24 bits per heavy atom. The van der Waals surface area contributed by atoms with Gasteiger partial charge in [0.25, 0.3) is 0 Å². The number of furan rings is 1. The van der Waals surface area contributed by atoms with E-state index in [1.165, 1.54) is 36.5 Å². The van der Waals surface area contributed by atoms with Crippen LogP contribution >= 0.6 is 11.3 Å². The van der Waals surface area contributed by atoms with Gasteiger partial charge in [-0.15, -0.1) is 11.3 Å². The number of para-hydroxylation sites is 3. The van der Waals surface area contributed by atoms with E-state index >= 15 is 0 Å². The Hall–Kier alpha value is -5.91. The molecule has 5 heteroatoms. The summed E-state index contributed by atoms with van der Waals surface area (Å²) in [6, 6.07) is 49.7. The van der Waals surface area contributed by atoms with E-state index in [-0.39, 0.29) is 0 Å². The third-order valence-corrected chi connectivity index (χ3v) is 10.7. The monoisotopic (exact) mass is 605 g/mol. The molecule has 0 unspecified atom stereocenters. The number of aromatic nitrogens is 3. The fourth-order valence-electron chi connectivity index (χ4n) is 7.47. The second-order valence-electron chi connectivity index (χ2n) is 12.0. The van der Waals surface area contributed by atoms with Gasteiger partial charge in [-0.05, 0) is 65.0 Å². The van der Waals surface area contributed by atoms with Gasteiger partial charge in [0, 0.05) is 31.9 Å². The summed E-state index contributed by atoms with van der Waals surface area (Å²) in [5, 5.41) is 7.17. The predicted molar refractivity (Wildman–Crippen MR) is 193 cm³/mol. The molecule has 0 amide bonds. The van der Waals surface area contributed by atoms with E-state index in [2.05, 4.69) is 148 Å². The maximum atomic E-state index is 6.83. The van der Waals surface area contributed by atoms with Crippen molar-refractivity contribution < 1.29 is 4.42 Å². The second-order valence-corrected chi connectivity index (χ2v) is 13.0. The summed E-state index contributed by atoms with van der Waals surface area (Å²) in [7, 11) is 0. The van der Waals surface area contributed by atoms with Gasteiger partial charge in [0.05, 0.1) is 32.2 Å². The predicted octanol–water partition coefficient (Wildman–Crippen LogP) is 11.5. The van der Waals surface area contributed by atoms with Crippen molar-refractivity contribution in [1.82, 2.24) is 14.0 Å². The highest BCUT2D eigenvalue weighted by molar-refractivity contribution is 7.26. The van der Waals surface area contributed by atoms with Crippen molar-refractivity contribution in [2.75, 3.05) is 0 Å². The topological polar surface area (TPSA) is 35.4 Å². The van der Waals surface area contributed by atoms with E-state index in [9.17, 15) is 0 Å². The molecule has 0 bridgehead atoms. The lowest BCUT2D eigenvalue weighted by atomic mass is 10.0. The van der Waals surface area contributed by atoms with Crippen molar-refractivity contribution in [3.05, 3.63) is 140 Å². The van der Waals surface area contributed by atoms with Gasteiger partial charge in [0.1, 0.15) is 5.65 Å². The van der Waals surface area contributed by atoms with Gasteiger partial charge in [-0.2, -0.15) is 0 Å². The van der Waals surface area contributed by atoms with Crippen LogP contribution in [0.15, 0.2) is 144 Å². The molecule has 0 radical (unpaired) electrons. The smallest absolute Gasteiger partial charge is 0.214 e. The Bertz CT molecular complexity index is 3030. The average Bonchev–Trinajstić information content (AvgIpc) is 3.85. The number of hydrogen-bond acceptors (Lipinski definition) is 3. The van der Waals surface area contributed by atoms with E-state index in [0.29, 0.717) is 0 Å². The molecule has 5 heterocycles. The summed E-state index contributed by atoms with van der Waals surface area (Å²) < 4.78 is 13.8. The molecule has 0 fully saturated rings. The van der Waals surface area contributed by atoms with Gasteiger partial charge < -0.3 is 4.42 Å². The number of rotatable bonds is 2. The number of fused-ring (bicyclic) bond motifs is 15. The summed E-state index contributed by atoms with van der Waals surface area (Å²) >= 11 is 1.81. The molecule has 0 spiro atoms. The number of nitrogens with zero attached hydrogens (tertiary/aromatic N) is 3. The SMILES string of the molecule is c1ccc(-n2c3ccccc3c3c4sc5ccc(-c6ccc7nc8c9ccccc9c9ccccc9n8c7c6)cc5c4oc32)cc1. The highest BCUT2D eigenvalue weighted by atomic mass is 32.1. The minimum atomic E-state index is 0.896. The summed E-state index contributed by atoms with van der Waals surface area (Å²) in [5.41, 5.74) is 10.7. The van der Waals surface area contributed by atoms with Crippen LogP contribution in [0.5, 0.6) is 0 Å². The van der Waals surface area contributed by atoms with Crippen molar-refractivity contribution in [3.8, 4) is 16.8 Å². The maximum absolute atomic E-state index is 6.83. The van der Waals surface area contributed by atoms with Crippen LogP contribution in [0.2, 0.25) is 0 Å². The third-order valence-electron chi connectivity index (χ3n) is 9.50. The van der Waals surface area contributed by atoms with Crippen LogP contribution in [-0.4, -0.2) is 14.0 Å². The van der Waals surface area contributed by atoms with Gasteiger partial charge in [-0.25, -0.2) is 4.98 Å². The second kappa shape index (κ2) is 8.84. The highest BCUT2D eigenvalue weighted by Gasteiger charge is 2.22. The number of pyridine rings is 1. The first-order valence-electron chi connectivity index (χ1n) is 15.5. The van der Waals surface area contributed by atoms with Gasteiger partial charge >= 0.3 is 0 Å². The zero-order valence-corrected chi connectivity index (χ0v) is 25.3. The molecule has 214 valence electrons. The van der Waals surface area contributed by atoms with E-state index in [1.807, 2.05) is 11.3 Å². The molecule has 0 saturated carbocycles. The largest absolute Gasteiger partial charge is 0.438 e. The lowest BCUT2D eigenvalue weighted by Crippen LogP contribution is -1.91. The number of benzene rings is 6. The first kappa shape index (κ1) is 24.4. The summed E-state index contributed by atoms with van der Waals surface area (Å²) in [5.74, 6) is 0. The number of imidazole rings is 1. The van der Waals surface area contributed by atoms with E-state index in [1.54, 1.807) is 0 Å². The Morgan fingerprint density at radius 3 is 2.11 bits per heavy atom. The summed E-state index contributed by atoms with van der Waals surface area (Å²) in [6.45, 7) is 0. The van der Waals surface area contributed by atoms with Crippen LogP contribution in [-0.2, 0) is 0 Å². The first-order chi connectivity index (χ1) is 22.8. The van der Waals surface area contributed by atoms with Crippen LogP contribution in [0.4, 0.5) is 0 Å². The number of hydrogen-bond donors (Lipinski definition) is 0. The van der Waals surface area contributed by atoms with Crippen molar-refractivity contribution >= 4 is 92.1 Å². The molecule has 4 nitrogen and oxygen atoms in total. The lowest BCUT2D eigenvalue weighted by molar-refractivity contribution is 0.649. The molecule has 0 saturated heterocycles. The van der Waals surface area contributed by atoms with Crippen molar-refractivity contribution in [2.45, 2.75) is 0 Å². The van der Waals surface area contributed by atoms with Crippen molar-refractivity contribution in [1.29, 1.82) is 0 Å². The zero-order valence-electron chi connectivity index (χ0n) is 24.4. The normalized spacial score (nSPS) is 12.3. The molecule has 0 aliphatic heterocycles.